The Hall–Kier alpha value is -0.875. The molecule has 126 valence electrons. The van der Waals surface area contributed by atoms with Crippen LogP contribution in [0.25, 0.3) is 0 Å². The van der Waals surface area contributed by atoms with E-state index in [9.17, 15) is 0 Å². The molecule has 1 aromatic carbocycles. The molecule has 0 bridgehead atoms. The average Bonchev–Trinajstić information content (AvgIpc) is 2.59. The van der Waals surface area contributed by atoms with Crippen LogP contribution in [-0.4, -0.2) is 37.6 Å². The molecule has 0 aliphatic carbocycles. The highest BCUT2D eigenvalue weighted by Crippen LogP contribution is 2.36. The monoisotopic (exact) mass is 317 g/mol. The maximum atomic E-state index is 6.17. The number of hydrogen-bond donors (Lipinski definition) is 1. The SMILES string of the molecule is Cc1cc(B2OC(C)(C)C(C)(C)O2)cc(C)c1CNC1COC1. The maximum absolute atomic E-state index is 6.17. The van der Waals surface area contributed by atoms with E-state index < -0.39 is 0 Å². The van der Waals surface area contributed by atoms with Crippen molar-refractivity contribution in [3.05, 3.63) is 28.8 Å². The minimum atomic E-state index is -0.302. The van der Waals surface area contributed by atoms with E-state index in [1.165, 1.54) is 16.7 Å². The number of rotatable bonds is 4. The van der Waals surface area contributed by atoms with Gasteiger partial charge in [-0.3, -0.25) is 0 Å². The van der Waals surface area contributed by atoms with Crippen molar-refractivity contribution in [1.82, 2.24) is 5.32 Å². The summed E-state index contributed by atoms with van der Waals surface area (Å²) in [7, 11) is -0.292. The highest BCUT2D eigenvalue weighted by Gasteiger charge is 2.51. The molecule has 2 fully saturated rings. The summed E-state index contributed by atoms with van der Waals surface area (Å²) >= 11 is 0. The van der Waals surface area contributed by atoms with E-state index in [-0.39, 0.29) is 18.3 Å². The molecule has 1 N–H and O–H groups in total. The van der Waals surface area contributed by atoms with Gasteiger partial charge in [0, 0.05) is 6.54 Å². The minimum Gasteiger partial charge on any atom is -0.399 e. The van der Waals surface area contributed by atoms with Crippen molar-refractivity contribution in [2.45, 2.75) is 65.3 Å². The van der Waals surface area contributed by atoms with Crippen molar-refractivity contribution in [2.75, 3.05) is 13.2 Å². The van der Waals surface area contributed by atoms with Crippen LogP contribution < -0.4 is 10.8 Å². The first-order chi connectivity index (χ1) is 10.7. The lowest BCUT2D eigenvalue weighted by atomic mass is 9.76. The van der Waals surface area contributed by atoms with E-state index in [2.05, 4.69) is 59.0 Å². The fourth-order valence-corrected chi connectivity index (χ4v) is 3.02. The van der Waals surface area contributed by atoms with Crippen LogP contribution in [0.3, 0.4) is 0 Å². The number of ether oxygens (including phenoxy) is 1. The number of nitrogens with one attached hydrogen (secondary N) is 1. The summed E-state index contributed by atoms with van der Waals surface area (Å²) < 4.78 is 17.6. The molecule has 0 radical (unpaired) electrons. The van der Waals surface area contributed by atoms with Crippen LogP contribution in [-0.2, 0) is 20.6 Å². The zero-order chi connectivity index (χ0) is 16.8. The Morgan fingerprint density at radius 2 is 1.57 bits per heavy atom. The molecular formula is C18H28BNO3. The third-order valence-electron chi connectivity index (χ3n) is 5.45. The van der Waals surface area contributed by atoms with Gasteiger partial charge in [0.2, 0.25) is 0 Å². The molecule has 0 atom stereocenters. The summed E-state index contributed by atoms with van der Waals surface area (Å²) in [5.74, 6) is 0. The zero-order valence-corrected chi connectivity index (χ0v) is 15.2. The third-order valence-corrected chi connectivity index (χ3v) is 5.45. The molecule has 1 aromatic rings. The van der Waals surface area contributed by atoms with Crippen molar-refractivity contribution in [3.63, 3.8) is 0 Å². The molecule has 0 amide bonds. The van der Waals surface area contributed by atoms with E-state index in [4.69, 9.17) is 14.0 Å². The molecule has 2 saturated heterocycles. The van der Waals surface area contributed by atoms with Gasteiger partial charge in [0.25, 0.3) is 0 Å². The van der Waals surface area contributed by atoms with Gasteiger partial charge in [-0.05, 0) is 63.7 Å². The highest BCUT2D eigenvalue weighted by molar-refractivity contribution is 6.62. The van der Waals surface area contributed by atoms with E-state index in [0.717, 1.165) is 25.2 Å². The van der Waals surface area contributed by atoms with Gasteiger partial charge < -0.3 is 19.4 Å². The molecule has 2 aliphatic rings. The zero-order valence-electron chi connectivity index (χ0n) is 15.2. The van der Waals surface area contributed by atoms with Gasteiger partial charge in [0.15, 0.2) is 0 Å². The molecule has 4 nitrogen and oxygen atoms in total. The lowest BCUT2D eigenvalue weighted by molar-refractivity contribution is -0.00582. The molecule has 23 heavy (non-hydrogen) atoms. The highest BCUT2D eigenvalue weighted by atomic mass is 16.7. The number of benzene rings is 1. The molecule has 0 unspecified atom stereocenters. The summed E-state index contributed by atoms with van der Waals surface area (Å²) in [6, 6.07) is 4.89. The average molecular weight is 317 g/mol. The van der Waals surface area contributed by atoms with Crippen molar-refractivity contribution >= 4 is 12.6 Å². The van der Waals surface area contributed by atoms with Gasteiger partial charge in [-0.15, -0.1) is 0 Å². The second-order valence-corrected chi connectivity index (χ2v) is 7.84. The largest absolute Gasteiger partial charge is 0.494 e. The van der Waals surface area contributed by atoms with Gasteiger partial charge in [0.1, 0.15) is 0 Å². The van der Waals surface area contributed by atoms with Crippen LogP contribution in [0.1, 0.15) is 44.4 Å². The standard InChI is InChI=1S/C18H28BNO3/c1-12-7-14(19-22-17(3,4)18(5,6)23-19)8-13(2)16(12)9-20-15-10-21-11-15/h7-8,15,20H,9-11H2,1-6H3. The second-order valence-electron chi connectivity index (χ2n) is 7.84. The Bertz CT molecular complexity index is 557. The molecular weight excluding hydrogens is 289 g/mol. The smallest absolute Gasteiger partial charge is 0.399 e. The lowest BCUT2D eigenvalue weighted by Crippen LogP contribution is -2.45. The van der Waals surface area contributed by atoms with E-state index in [0.29, 0.717) is 6.04 Å². The Kier molecular flexibility index (Phi) is 4.34. The van der Waals surface area contributed by atoms with Crippen molar-refractivity contribution in [3.8, 4) is 0 Å². The summed E-state index contributed by atoms with van der Waals surface area (Å²) in [6.45, 7) is 15.2. The summed E-state index contributed by atoms with van der Waals surface area (Å²) in [4.78, 5) is 0. The van der Waals surface area contributed by atoms with Crippen LogP contribution in [0.2, 0.25) is 0 Å². The van der Waals surface area contributed by atoms with Crippen LogP contribution in [0.15, 0.2) is 12.1 Å². The van der Waals surface area contributed by atoms with Crippen LogP contribution in [0, 0.1) is 13.8 Å². The topological polar surface area (TPSA) is 39.7 Å². The Labute approximate surface area is 140 Å². The number of aryl methyl sites for hydroxylation is 2. The fraction of sp³-hybridized carbons (Fsp3) is 0.667. The predicted octanol–water partition coefficient (Wildman–Crippen LogP) is 2.09. The quantitative estimate of drug-likeness (QED) is 0.863. The molecule has 2 aliphatic heterocycles. The second kappa shape index (κ2) is 5.89. The van der Waals surface area contributed by atoms with Gasteiger partial charge in [-0.1, -0.05) is 12.1 Å². The van der Waals surface area contributed by atoms with Crippen LogP contribution >= 0.6 is 0 Å². The van der Waals surface area contributed by atoms with Crippen LogP contribution in [0.4, 0.5) is 0 Å². The van der Waals surface area contributed by atoms with Gasteiger partial charge in [-0.25, -0.2) is 0 Å². The Morgan fingerprint density at radius 1 is 1.04 bits per heavy atom. The maximum Gasteiger partial charge on any atom is 0.494 e. The molecule has 3 rings (SSSR count). The van der Waals surface area contributed by atoms with E-state index in [1.807, 2.05) is 0 Å². The molecule has 0 aromatic heterocycles. The first kappa shape index (κ1) is 17.0. The Morgan fingerprint density at radius 3 is 2.00 bits per heavy atom. The molecule has 0 saturated carbocycles. The molecule has 0 spiro atoms. The summed E-state index contributed by atoms with van der Waals surface area (Å²) in [6.07, 6.45) is 0. The van der Waals surface area contributed by atoms with Gasteiger partial charge in [0.05, 0.1) is 30.5 Å². The van der Waals surface area contributed by atoms with Gasteiger partial charge >= 0.3 is 7.12 Å². The van der Waals surface area contributed by atoms with E-state index >= 15 is 0 Å². The Balaban J connectivity index is 1.77. The first-order valence-corrected chi connectivity index (χ1v) is 8.46. The summed E-state index contributed by atoms with van der Waals surface area (Å²) in [5.41, 5.74) is 4.42. The van der Waals surface area contributed by atoms with Gasteiger partial charge in [-0.2, -0.15) is 0 Å². The normalized spacial score (nSPS) is 23.1. The first-order valence-electron chi connectivity index (χ1n) is 8.46. The van der Waals surface area contributed by atoms with Crippen molar-refractivity contribution in [1.29, 1.82) is 0 Å². The van der Waals surface area contributed by atoms with Crippen molar-refractivity contribution in [2.24, 2.45) is 0 Å². The minimum absolute atomic E-state index is 0.292. The molecule has 2 heterocycles. The third kappa shape index (κ3) is 3.20. The van der Waals surface area contributed by atoms with E-state index in [1.54, 1.807) is 0 Å². The van der Waals surface area contributed by atoms with Crippen LogP contribution in [0.5, 0.6) is 0 Å². The number of hydrogen-bond acceptors (Lipinski definition) is 4. The summed E-state index contributed by atoms with van der Waals surface area (Å²) in [5, 5.41) is 3.54. The predicted molar refractivity (Wildman–Crippen MR) is 93.1 cm³/mol. The lowest BCUT2D eigenvalue weighted by Gasteiger charge is -2.32. The molecule has 5 heteroatoms. The fourth-order valence-electron chi connectivity index (χ4n) is 3.02. The van der Waals surface area contributed by atoms with Crippen molar-refractivity contribution < 1.29 is 14.0 Å².